The molecule has 3 heterocycles. The Bertz CT molecular complexity index is 1350. The molecule has 0 bridgehead atoms. The number of ether oxygens (including phenoxy) is 1. The molecule has 1 aromatic carbocycles. The molecule has 3 aromatic heterocycles. The van der Waals surface area contributed by atoms with Crippen LogP contribution in [0.5, 0.6) is 5.75 Å². The van der Waals surface area contributed by atoms with Crippen LogP contribution in [0.4, 0.5) is 11.4 Å². The number of methoxy groups -OCH3 is 1. The van der Waals surface area contributed by atoms with E-state index in [1.54, 1.807) is 31.2 Å². The lowest BCUT2D eigenvalue weighted by molar-refractivity contribution is -0.114. The fourth-order valence-corrected chi connectivity index (χ4v) is 3.57. The van der Waals surface area contributed by atoms with Gasteiger partial charge in [0.25, 0.3) is 11.6 Å². The van der Waals surface area contributed by atoms with Crippen molar-refractivity contribution in [1.29, 1.82) is 0 Å². The minimum atomic E-state index is -0.373. The summed E-state index contributed by atoms with van der Waals surface area (Å²) in [6.07, 6.45) is 0. The van der Waals surface area contributed by atoms with Gasteiger partial charge in [-0.1, -0.05) is 5.16 Å². The first kappa shape index (κ1) is 21.1. The minimum Gasteiger partial charge on any atom is -0.495 e. The van der Waals surface area contributed by atoms with Crippen molar-refractivity contribution in [2.24, 2.45) is 0 Å². The molecule has 0 saturated heterocycles. The lowest BCUT2D eigenvalue weighted by atomic mass is 10.1. The summed E-state index contributed by atoms with van der Waals surface area (Å²) in [5.41, 5.74) is 3.42. The normalized spacial score (nSPS) is 10.9. The summed E-state index contributed by atoms with van der Waals surface area (Å²) in [5.74, 6) is 1.28. The number of nitrogens with zero attached hydrogens (tertiary/aromatic N) is 2. The Morgan fingerprint density at radius 1 is 1.06 bits per heavy atom. The number of fused-ring (bicyclic) bond motifs is 1. The van der Waals surface area contributed by atoms with Gasteiger partial charge in [-0.25, -0.2) is 4.98 Å². The van der Waals surface area contributed by atoms with E-state index in [4.69, 9.17) is 13.7 Å². The van der Waals surface area contributed by atoms with Crippen LogP contribution in [0.3, 0.4) is 0 Å². The van der Waals surface area contributed by atoms with Crippen LogP contribution < -0.4 is 15.4 Å². The fraction of sp³-hybridized carbons (Fsp3) is 0.217. The number of aromatic nitrogens is 2. The summed E-state index contributed by atoms with van der Waals surface area (Å²) < 4.78 is 16.2. The van der Waals surface area contributed by atoms with E-state index in [9.17, 15) is 9.59 Å². The second kappa shape index (κ2) is 8.18. The highest BCUT2D eigenvalue weighted by atomic mass is 16.5. The molecule has 0 atom stereocenters. The molecule has 4 aromatic rings. The van der Waals surface area contributed by atoms with Gasteiger partial charge in [-0.15, -0.1) is 0 Å². The standard InChI is InChI=1S/C23H22N4O5/c1-11-8-16(13(3)31-11)18-10-17(21-12(2)27-32-23(21)26-18)22(29)25-15-6-7-20(30-5)19(9-15)24-14(4)28/h6-10H,1-5H3,(H,24,28)(H,25,29). The molecule has 2 amide bonds. The average Bonchev–Trinajstić information content (AvgIpc) is 3.28. The van der Waals surface area contributed by atoms with Crippen molar-refractivity contribution in [3.63, 3.8) is 0 Å². The van der Waals surface area contributed by atoms with E-state index >= 15 is 0 Å². The third kappa shape index (κ3) is 3.92. The number of carbonyl (C=O) groups excluding carboxylic acids is 2. The van der Waals surface area contributed by atoms with Crippen LogP contribution in [0.15, 0.2) is 39.3 Å². The molecule has 9 nitrogen and oxygen atoms in total. The van der Waals surface area contributed by atoms with Gasteiger partial charge in [0.15, 0.2) is 0 Å². The number of hydrogen-bond donors (Lipinski definition) is 2. The van der Waals surface area contributed by atoms with Crippen molar-refractivity contribution in [1.82, 2.24) is 10.1 Å². The van der Waals surface area contributed by atoms with Crippen molar-refractivity contribution in [2.45, 2.75) is 27.7 Å². The van der Waals surface area contributed by atoms with Gasteiger partial charge in [0.1, 0.15) is 17.3 Å². The molecule has 0 radical (unpaired) electrons. The maximum atomic E-state index is 13.3. The van der Waals surface area contributed by atoms with Crippen LogP contribution in [0.2, 0.25) is 0 Å². The summed E-state index contributed by atoms with van der Waals surface area (Å²) in [4.78, 5) is 29.3. The summed E-state index contributed by atoms with van der Waals surface area (Å²) in [6, 6.07) is 8.53. The number of rotatable bonds is 5. The molecule has 0 aliphatic rings. The Morgan fingerprint density at radius 2 is 1.84 bits per heavy atom. The lowest BCUT2D eigenvalue weighted by Gasteiger charge is -2.12. The van der Waals surface area contributed by atoms with Crippen LogP contribution in [-0.2, 0) is 4.79 Å². The molecular formula is C23H22N4O5. The van der Waals surface area contributed by atoms with Gasteiger partial charge in [-0.3, -0.25) is 9.59 Å². The van der Waals surface area contributed by atoms with Gasteiger partial charge in [0.2, 0.25) is 5.91 Å². The first-order valence-corrected chi connectivity index (χ1v) is 9.88. The van der Waals surface area contributed by atoms with Crippen LogP contribution in [0.1, 0.15) is 34.5 Å². The minimum absolute atomic E-state index is 0.252. The maximum Gasteiger partial charge on any atom is 0.259 e. The molecule has 164 valence electrons. The van der Waals surface area contributed by atoms with Gasteiger partial charge in [0.05, 0.1) is 35.1 Å². The first-order chi connectivity index (χ1) is 15.3. The molecule has 0 unspecified atom stereocenters. The topological polar surface area (TPSA) is 119 Å². The van der Waals surface area contributed by atoms with E-state index in [1.165, 1.54) is 14.0 Å². The number of pyridine rings is 1. The Balaban J connectivity index is 1.76. The quantitative estimate of drug-likeness (QED) is 0.470. The Hall–Kier alpha value is -4.14. The zero-order valence-electron chi connectivity index (χ0n) is 18.3. The van der Waals surface area contributed by atoms with Crippen molar-refractivity contribution in [3.05, 3.63) is 53.1 Å². The number of carbonyl (C=O) groups is 2. The summed E-state index contributed by atoms with van der Waals surface area (Å²) in [7, 11) is 1.50. The van der Waals surface area contributed by atoms with Crippen LogP contribution in [-0.4, -0.2) is 29.1 Å². The Morgan fingerprint density at radius 3 is 2.50 bits per heavy atom. The molecule has 0 fully saturated rings. The zero-order chi connectivity index (χ0) is 23.0. The number of furan rings is 1. The highest BCUT2D eigenvalue weighted by Crippen LogP contribution is 2.32. The molecule has 0 saturated carbocycles. The molecule has 32 heavy (non-hydrogen) atoms. The molecule has 0 spiro atoms. The summed E-state index contributed by atoms with van der Waals surface area (Å²) >= 11 is 0. The smallest absolute Gasteiger partial charge is 0.259 e. The summed E-state index contributed by atoms with van der Waals surface area (Å²) in [6.45, 7) is 6.83. The van der Waals surface area contributed by atoms with Crippen LogP contribution in [0, 0.1) is 20.8 Å². The maximum absolute atomic E-state index is 13.3. The Kier molecular flexibility index (Phi) is 5.40. The lowest BCUT2D eigenvalue weighted by Crippen LogP contribution is -2.14. The number of amides is 2. The third-order valence-electron chi connectivity index (χ3n) is 4.95. The van der Waals surface area contributed by atoms with Crippen molar-refractivity contribution in [3.8, 4) is 17.0 Å². The van der Waals surface area contributed by atoms with Crippen LogP contribution in [0.25, 0.3) is 22.4 Å². The predicted octanol–water partition coefficient (Wildman–Crippen LogP) is 4.63. The molecule has 9 heteroatoms. The van der Waals surface area contributed by atoms with E-state index in [-0.39, 0.29) is 17.5 Å². The number of nitrogens with one attached hydrogen (secondary N) is 2. The molecular weight excluding hydrogens is 412 g/mol. The van der Waals surface area contributed by atoms with Gasteiger partial charge in [-0.05, 0) is 51.1 Å². The number of hydrogen-bond acceptors (Lipinski definition) is 7. The fourth-order valence-electron chi connectivity index (χ4n) is 3.57. The van der Waals surface area contributed by atoms with E-state index in [0.29, 0.717) is 45.2 Å². The predicted molar refractivity (Wildman–Crippen MR) is 119 cm³/mol. The molecule has 0 aliphatic heterocycles. The van der Waals surface area contributed by atoms with Crippen molar-refractivity contribution < 1.29 is 23.3 Å². The van der Waals surface area contributed by atoms with Crippen LogP contribution >= 0.6 is 0 Å². The van der Waals surface area contributed by atoms with Crippen molar-refractivity contribution in [2.75, 3.05) is 17.7 Å². The Labute approximate surface area is 183 Å². The average molecular weight is 434 g/mol. The highest BCUT2D eigenvalue weighted by Gasteiger charge is 2.21. The number of aryl methyl sites for hydroxylation is 3. The van der Waals surface area contributed by atoms with E-state index in [0.717, 1.165) is 11.3 Å². The third-order valence-corrected chi connectivity index (χ3v) is 4.95. The second-order valence-corrected chi connectivity index (χ2v) is 7.38. The van der Waals surface area contributed by atoms with E-state index < -0.39 is 0 Å². The zero-order valence-corrected chi connectivity index (χ0v) is 18.3. The largest absolute Gasteiger partial charge is 0.495 e. The molecule has 0 aliphatic carbocycles. The van der Waals surface area contributed by atoms with Gasteiger partial charge in [0, 0.05) is 18.2 Å². The monoisotopic (exact) mass is 434 g/mol. The van der Waals surface area contributed by atoms with Gasteiger partial charge >= 0.3 is 0 Å². The van der Waals surface area contributed by atoms with Crippen molar-refractivity contribution >= 4 is 34.3 Å². The molecule has 4 rings (SSSR count). The number of anilines is 2. The second-order valence-electron chi connectivity index (χ2n) is 7.38. The van der Waals surface area contributed by atoms with Gasteiger partial charge in [-0.2, -0.15) is 0 Å². The SMILES string of the molecule is COc1ccc(NC(=O)c2cc(-c3cc(C)oc3C)nc3onc(C)c23)cc1NC(C)=O. The summed E-state index contributed by atoms with van der Waals surface area (Å²) in [5, 5.41) is 10.1. The number of benzene rings is 1. The van der Waals surface area contributed by atoms with E-state index in [1.807, 2.05) is 19.9 Å². The first-order valence-electron chi connectivity index (χ1n) is 9.88. The molecule has 2 N–H and O–H groups in total. The van der Waals surface area contributed by atoms with E-state index in [2.05, 4.69) is 20.8 Å². The highest BCUT2D eigenvalue weighted by molar-refractivity contribution is 6.13. The van der Waals surface area contributed by atoms with Gasteiger partial charge < -0.3 is 24.3 Å².